The van der Waals surface area contributed by atoms with Gasteiger partial charge < -0.3 is 10.4 Å². The zero-order chi connectivity index (χ0) is 11.5. The van der Waals surface area contributed by atoms with E-state index >= 15 is 0 Å². The minimum absolute atomic E-state index is 0.00867. The van der Waals surface area contributed by atoms with Crippen molar-refractivity contribution in [1.29, 1.82) is 0 Å². The quantitative estimate of drug-likeness (QED) is 0.347. The molecule has 8 nitrogen and oxygen atoms in total. The van der Waals surface area contributed by atoms with E-state index in [9.17, 15) is 0 Å². The Morgan fingerprint density at radius 3 is 3.06 bits per heavy atom. The Kier molecular flexibility index (Phi) is 2.84. The zero-order valence-corrected chi connectivity index (χ0v) is 8.73. The lowest BCUT2D eigenvalue weighted by atomic mass is 10.3. The van der Waals surface area contributed by atoms with E-state index < -0.39 is 0 Å². The third kappa shape index (κ3) is 1.88. The number of nitrogen functional groups attached to an aromatic ring is 1. The summed E-state index contributed by atoms with van der Waals surface area (Å²) in [6.07, 6.45) is 1.61. The van der Waals surface area contributed by atoms with Crippen molar-refractivity contribution in [1.82, 2.24) is 20.2 Å². The van der Waals surface area contributed by atoms with Gasteiger partial charge >= 0.3 is 0 Å². The number of rotatable bonds is 4. The van der Waals surface area contributed by atoms with Crippen LogP contribution in [-0.4, -0.2) is 37.9 Å². The Hall–Kier alpha value is -1.93. The number of nitrogens with one attached hydrogen (secondary N) is 3. The Balaban J connectivity index is 2.44. The van der Waals surface area contributed by atoms with Crippen LogP contribution in [0.1, 0.15) is 6.92 Å². The fourth-order valence-electron chi connectivity index (χ4n) is 1.29. The number of nitrogens with zero attached hydrogens (tertiary/aromatic N) is 3. The Morgan fingerprint density at radius 2 is 2.38 bits per heavy atom. The van der Waals surface area contributed by atoms with E-state index in [1.165, 1.54) is 0 Å². The van der Waals surface area contributed by atoms with Crippen LogP contribution in [0.15, 0.2) is 6.20 Å². The highest BCUT2D eigenvalue weighted by molar-refractivity contribution is 5.87. The summed E-state index contributed by atoms with van der Waals surface area (Å²) in [5.41, 5.74) is 2.95. The maximum absolute atomic E-state index is 8.98. The largest absolute Gasteiger partial charge is 0.394 e. The molecule has 1 atom stereocenters. The van der Waals surface area contributed by atoms with E-state index in [2.05, 4.69) is 30.9 Å². The monoisotopic (exact) mass is 223 g/mol. The van der Waals surface area contributed by atoms with Gasteiger partial charge in [-0.2, -0.15) is 15.1 Å². The molecule has 0 radical (unpaired) electrons. The summed E-state index contributed by atoms with van der Waals surface area (Å²) < 4.78 is 0. The van der Waals surface area contributed by atoms with Gasteiger partial charge in [-0.1, -0.05) is 0 Å². The molecule has 0 bridgehead atoms. The third-order valence-corrected chi connectivity index (χ3v) is 2.10. The van der Waals surface area contributed by atoms with E-state index in [-0.39, 0.29) is 18.6 Å². The average molecular weight is 223 g/mol. The van der Waals surface area contributed by atoms with E-state index in [0.717, 1.165) is 5.39 Å². The van der Waals surface area contributed by atoms with Gasteiger partial charge in [0.15, 0.2) is 5.65 Å². The fraction of sp³-hybridized carbons (Fsp3) is 0.375. The summed E-state index contributed by atoms with van der Waals surface area (Å²) in [6, 6.07) is -0.112. The topological polar surface area (TPSA) is 125 Å². The van der Waals surface area contributed by atoms with Crippen molar-refractivity contribution in [3.8, 4) is 0 Å². The summed E-state index contributed by atoms with van der Waals surface area (Å²) in [5, 5.41) is 19.4. The molecule has 6 N–H and O–H groups in total. The lowest BCUT2D eigenvalue weighted by molar-refractivity contribution is 0.281. The minimum atomic E-state index is -0.112. The molecule has 2 aromatic heterocycles. The first kappa shape index (κ1) is 10.6. The molecule has 0 saturated heterocycles. The molecule has 0 aromatic carbocycles. The second kappa shape index (κ2) is 4.29. The average Bonchev–Trinajstić information content (AvgIpc) is 2.76. The second-order valence-electron chi connectivity index (χ2n) is 3.40. The number of aromatic amines is 1. The molecule has 2 heterocycles. The van der Waals surface area contributed by atoms with Gasteiger partial charge in [-0.15, -0.1) is 0 Å². The first-order valence-corrected chi connectivity index (χ1v) is 4.79. The number of anilines is 2. The van der Waals surface area contributed by atoms with Gasteiger partial charge in [0.1, 0.15) is 5.82 Å². The van der Waals surface area contributed by atoms with Crippen molar-refractivity contribution in [2.24, 2.45) is 5.84 Å². The number of hydrogen-bond acceptors (Lipinski definition) is 7. The van der Waals surface area contributed by atoms with Gasteiger partial charge in [0, 0.05) is 6.04 Å². The number of aliphatic hydroxyl groups excluding tert-OH is 1. The molecular formula is C8H13N7O. The molecule has 86 valence electrons. The van der Waals surface area contributed by atoms with Crippen LogP contribution >= 0.6 is 0 Å². The first-order valence-electron chi connectivity index (χ1n) is 4.79. The van der Waals surface area contributed by atoms with Crippen molar-refractivity contribution in [3.05, 3.63) is 6.20 Å². The number of fused-ring (bicyclic) bond motifs is 1. The number of H-pyrrole nitrogens is 1. The van der Waals surface area contributed by atoms with Gasteiger partial charge in [-0.05, 0) is 6.92 Å². The van der Waals surface area contributed by atoms with Crippen LogP contribution in [0.3, 0.4) is 0 Å². The maximum Gasteiger partial charge on any atom is 0.241 e. The van der Waals surface area contributed by atoms with Crippen LogP contribution in [0.5, 0.6) is 0 Å². The van der Waals surface area contributed by atoms with E-state index in [1.807, 2.05) is 6.92 Å². The number of hydrogen-bond donors (Lipinski definition) is 5. The second-order valence-corrected chi connectivity index (χ2v) is 3.40. The van der Waals surface area contributed by atoms with Crippen LogP contribution in [0.4, 0.5) is 11.8 Å². The molecule has 8 heteroatoms. The molecule has 0 aliphatic carbocycles. The van der Waals surface area contributed by atoms with Crippen LogP contribution in [0, 0.1) is 0 Å². The predicted molar refractivity (Wildman–Crippen MR) is 59.7 cm³/mol. The van der Waals surface area contributed by atoms with E-state index in [0.29, 0.717) is 11.5 Å². The lowest BCUT2D eigenvalue weighted by Gasteiger charge is -2.12. The van der Waals surface area contributed by atoms with Crippen molar-refractivity contribution in [2.45, 2.75) is 13.0 Å². The molecule has 2 rings (SSSR count). The van der Waals surface area contributed by atoms with Crippen LogP contribution in [0.2, 0.25) is 0 Å². The predicted octanol–water partition coefficient (Wildman–Crippen LogP) is -0.569. The highest BCUT2D eigenvalue weighted by atomic mass is 16.3. The molecule has 16 heavy (non-hydrogen) atoms. The standard InChI is InChI=1S/C8H13N7O/c1-4(3-16)11-6-5-2-10-15-7(5)13-8(12-6)14-9/h2,4,16H,3,9H2,1H3,(H3,10,11,12,13,14,15). The molecular weight excluding hydrogens is 210 g/mol. The van der Waals surface area contributed by atoms with Crippen LogP contribution in [0.25, 0.3) is 11.0 Å². The minimum Gasteiger partial charge on any atom is -0.394 e. The Morgan fingerprint density at radius 1 is 1.56 bits per heavy atom. The number of hydrazine groups is 1. The van der Waals surface area contributed by atoms with Gasteiger partial charge in [-0.3, -0.25) is 10.5 Å². The van der Waals surface area contributed by atoms with Crippen molar-refractivity contribution >= 4 is 22.8 Å². The zero-order valence-electron chi connectivity index (χ0n) is 8.73. The SMILES string of the molecule is CC(CO)Nc1nc(NN)nc2[nH]ncc12. The van der Waals surface area contributed by atoms with Gasteiger partial charge in [0.2, 0.25) is 5.95 Å². The van der Waals surface area contributed by atoms with Crippen LogP contribution in [-0.2, 0) is 0 Å². The molecule has 0 saturated carbocycles. The van der Waals surface area contributed by atoms with Gasteiger partial charge in [0.05, 0.1) is 18.2 Å². The summed E-state index contributed by atoms with van der Waals surface area (Å²) in [7, 11) is 0. The fourth-order valence-corrected chi connectivity index (χ4v) is 1.29. The first-order chi connectivity index (χ1) is 7.74. The smallest absolute Gasteiger partial charge is 0.241 e. The number of aromatic nitrogens is 4. The summed E-state index contributed by atoms with van der Waals surface area (Å²) >= 11 is 0. The Bertz CT molecular complexity index is 482. The summed E-state index contributed by atoms with van der Waals surface area (Å²) in [6.45, 7) is 1.85. The molecule has 0 fully saturated rings. The number of aliphatic hydroxyl groups is 1. The third-order valence-electron chi connectivity index (χ3n) is 2.10. The van der Waals surface area contributed by atoms with Gasteiger partial charge in [-0.25, -0.2) is 5.84 Å². The molecule has 0 aliphatic rings. The number of nitrogens with two attached hydrogens (primary N) is 1. The highest BCUT2D eigenvalue weighted by Crippen LogP contribution is 2.19. The van der Waals surface area contributed by atoms with Crippen molar-refractivity contribution < 1.29 is 5.11 Å². The lowest BCUT2D eigenvalue weighted by Crippen LogP contribution is -2.21. The van der Waals surface area contributed by atoms with E-state index in [4.69, 9.17) is 10.9 Å². The van der Waals surface area contributed by atoms with E-state index in [1.54, 1.807) is 6.20 Å². The Labute approximate surface area is 91.2 Å². The van der Waals surface area contributed by atoms with Crippen molar-refractivity contribution in [2.75, 3.05) is 17.3 Å². The highest BCUT2D eigenvalue weighted by Gasteiger charge is 2.10. The molecule has 0 amide bonds. The normalized spacial score (nSPS) is 12.7. The van der Waals surface area contributed by atoms with Crippen molar-refractivity contribution in [3.63, 3.8) is 0 Å². The summed E-state index contributed by atoms with van der Waals surface area (Å²) in [5.74, 6) is 6.11. The molecule has 2 aromatic rings. The molecule has 1 unspecified atom stereocenters. The molecule has 0 aliphatic heterocycles. The maximum atomic E-state index is 8.98. The van der Waals surface area contributed by atoms with Crippen LogP contribution < -0.4 is 16.6 Å². The molecule has 0 spiro atoms. The summed E-state index contributed by atoms with van der Waals surface area (Å²) in [4.78, 5) is 8.23. The van der Waals surface area contributed by atoms with Gasteiger partial charge in [0.25, 0.3) is 0 Å².